The molecule has 1 aromatic heterocycles. The van der Waals surface area contributed by atoms with E-state index in [9.17, 15) is 9.59 Å². The van der Waals surface area contributed by atoms with E-state index in [-0.39, 0.29) is 11.8 Å². The molecule has 3 aliphatic carbocycles. The Hall–Kier alpha value is -2.31. The van der Waals surface area contributed by atoms with Gasteiger partial charge in [-0.15, -0.1) is 0 Å². The Morgan fingerprint density at radius 1 is 0.690 bits per heavy atom. The van der Waals surface area contributed by atoms with Crippen LogP contribution in [0, 0.1) is 11.8 Å². The van der Waals surface area contributed by atoms with Gasteiger partial charge in [-0.25, -0.2) is 4.90 Å². The van der Waals surface area contributed by atoms with Crippen LogP contribution in [0.1, 0.15) is 22.3 Å². The fourth-order valence-electron chi connectivity index (χ4n) is 5.41. The zero-order valence-corrected chi connectivity index (χ0v) is 18.2. The van der Waals surface area contributed by atoms with Crippen molar-refractivity contribution in [2.45, 2.75) is 8.65 Å². The van der Waals surface area contributed by atoms with Gasteiger partial charge in [-0.1, -0.05) is 80.4 Å². The second-order valence-electron chi connectivity index (χ2n) is 7.69. The van der Waals surface area contributed by atoms with Crippen molar-refractivity contribution in [1.29, 1.82) is 0 Å². The highest BCUT2D eigenvalue weighted by atomic mass is 79.9. The number of alkyl halides is 2. The van der Waals surface area contributed by atoms with Crippen LogP contribution in [-0.2, 0) is 18.2 Å². The molecular formula is C23H14Br2N2O2. The smallest absolute Gasteiger partial charge is 0.239 e. The first-order valence-electron chi connectivity index (χ1n) is 9.36. The Bertz CT molecular complexity index is 1090. The van der Waals surface area contributed by atoms with Crippen LogP contribution in [0.15, 0.2) is 73.1 Å². The molecule has 2 amide bonds. The quantitative estimate of drug-likeness (QED) is 0.358. The number of rotatable bonds is 1. The molecule has 2 bridgehead atoms. The highest BCUT2D eigenvalue weighted by Crippen LogP contribution is 2.70. The molecule has 29 heavy (non-hydrogen) atoms. The standard InChI is InChI=1S/C23H14Br2N2O2/c24-22-14-5-1-2-6-15(14)23(25,17-8-4-3-7-16(17)22)19-18(22)20(28)27(21(19)29)13-9-11-26-12-10-13/h1-12,18-19H/t18-,19?,22?,23?/m0/s1. The minimum Gasteiger partial charge on any atom is -0.274 e. The number of pyridine rings is 1. The predicted octanol–water partition coefficient (Wildman–Crippen LogP) is 4.49. The molecule has 6 heteroatoms. The van der Waals surface area contributed by atoms with Gasteiger partial charge >= 0.3 is 0 Å². The number of anilines is 1. The van der Waals surface area contributed by atoms with Crippen molar-refractivity contribution in [3.8, 4) is 0 Å². The third kappa shape index (κ3) is 1.87. The molecule has 1 aliphatic heterocycles. The Morgan fingerprint density at radius 3 is 1.45 bits per heavy atom. The van der Waals surface area contributed by atoms with Gasteiger partial charge in [0.1, 0.15) is 0 Å². The Balaban J connectivity index is 1.69. The van der Waals surface area contributed by atoms with E-state index < -0.39 is 20.5 Å². The third-order valence-corrected chi connectivity index (χ3v) is 9.20. The summed E-state index contributed by atoms with van der Waals surface area (Å²) in [7, 11) is 0. The van der Waals surface area contributed by atoms with Gasteiger partial charge in [0.25, 0.3) is 0 Å². The van der Waals surface area contributed by atoms with Crippen LogP contribution in [0.2, 0.25) is 0 Å². The van der Waals surface area contributed by atoms with E-state index in [1.54, 1.807) is 24.5 Å². The van der Waals surface area contributed by atoms with Gasteiger partial charge in [0.15, 0.2) is 0 Å². The largest absolute Gasteiger partial charge is 0.274 e. The molecule has 0 saturated carbocycles. The van der Waals surface area contributed by atoms with E-state index in [2.05, 4.69) is 61.1 Å². The normalized spacial score (nSPS) is 31.4. The first kappa shape index (κ1) is 17.5. The molecule has 4 nitrogen and oxygen atoms in total. The van der Waals surface area contributed by atoms with Crippen molar-refractivity contribution in [3.63, 3.8) is 0 Å². The van der Waals surface area contributed by atoms with Crippen molar-refractivity contribution < 1.29 is 9.59 Å². The van der Waals surface area contributed by atoms with E-state index in [1.165, 1.54) is 4.90 Å². The van der Waals surface area contributed by atoms with Gasteiger partial charge in [-0.05, 0) is 34.4 Å². The number of halogens is 2. The van der Waals surface area contributed by atoms with Crippen LogP contribution in [-0.4, -0.2) is 16.8 Å². The summed E-state index contributed by atoms with van der Waals surface area (Å²) in [6, 6.07) is 19.6. The molecule has 2 heterocycles. The van der Waals surface area contributed by atoms with E-state index in [0.717, 1.165) is 22.3 Å². The summed E-state index contributed by atoms with van der Waals surface area (Å²) in [6.45, 7) is 0. The van der Waals surface area contributed by atoms with E-state index in [1.807, 2.05) is 24.3 Å². The summed E-state index contributed by atoms with van der Waals surface area (Å²) in [5.41, 5.74) is 4.71. The van der Waals surface area contributed by atoms with Crippen molar-refractivity contribution in [1.82, 2.24) is 4.98 Å². The topological polar surface area (TPSA) is 50.3 Å². The molecule has 2 aromatic carbocycles. The molecule has 2 atom stereocenters. The lowest BCUT2D eigenvalue weighted by atomic mass is 9.54. The molecule has 0 radical (unpaired) electrons. The Kier molecular flexibility index (Phi) is 3.41. The first-order valence-corrected chi connectivity index (χ1v) is 10.9. The fraction of sp³-hybridized carbons (Fsp3) is 0.174. The molecule has 1 fully saturated rings. The molecule has 7 rings (SSSR count). The van der Waals surface area contributed by atoms with Crippen LogP contribution in [0.5, 0.6) is 0 Å². The lowest BCUT2D eigenvalue weighted by molar-refractivity contribution is -0.122. The summed E-state index contributed by atoms with van der Waals surface area (Å²) >= 11 is 7.99. The maximum absolute atomic E-state index is 13.7. The summed E-state index contributed by atoms with van der Waals surface area (Å²) in [5.74, 6) is -1.47. The average molecular weight is 510 g/mol. The minimum atomic E-state index is -0.755. The number of benzene rings is 2. The van der Waals surface area contributed by atoms with Crippen LogP contribution in [0.4, 0.5) is 5.69 Å². The zero-order valence-electron chi connectivity index (χ0n) is 15.0. The van der Waals surface area contributed by atoms with Gasteiger partial charge in [0.05, 0.1) is 26.2 Å². The molecule has 0 spiro atoms. The molecule has 1 saturated heterocycles. The number of nitrogens with zero attached hydrogens (tertiary/aromatic N) is 2. The van der Waals surface area contributed by atoms with Gasteiger partial charge in [0.2, 0.25) is 11.8 Å². The highest BCUT2D eigenvalue weighted by molar-refractivity contribution is 9.10. The van der Waals surface area contributed by atoms with Gasteiger partial charge < -0.3 is 0 Å². The SMILES string of the molecule is O=C1C2[C@@H](C(=O)N1c1ccncc1)C1(Br)c3ccccc3C2(Br)c2ccccc21. The van der Waals surface area contributed by atoms with Crippen LogP contribution < -0.4 is 4.90 Å². The maximum Gasteiger partial charge on any atom is 0.239 e. The minimum absolute atomic E-state index is 0.184. The van der Waals surface area contributed by atoms with Crippen molar-refractivity contribution in [2.24, 2.45) is 11.8 Å². The summed E-state index contributed by atoms with van der Waals surface area (Å²) in [5, 5.41) is 0. The van der Waals surface area contributed by atoms with E-state index >= 15 is 0 Å². The number of hydrogen-bond acceptors (Lipinski definition) is 3. The van der Waals surface area contributed by atoms with Gasteiger partial charge in [-0.3, -0.25) is 14.6 Å². The lowest BCUT2D eigenvalue weighted by Gasteiger charge is -2.55. The number of imide groups is 1. The van der Waals surface area contributed by atoms with Crippen molar-refractivity contribution in [3.05, 3.63) is 95.3 Å². The Labute approximate surface area is 184 Å². The predicted molar refractivity (Wildman–Crippen MR) is 116 cm³/mol. The van der Waals surface area contributed by atoms with E-state index in [0.29, 0.717) is 5.69 Å². The van der Waals surface area contributed by atoms with Crippen LogP contribution in [0.3, 0.4) is 0 Å². The molecule has 0 N–H and O–H groups in total. The number of carbonyl (C=O) groups is 2. The maximum atomic E-state index is 13.7. The van der Waals surface area contributed by atoms with Crippen molar-refractivity contribution in [2.75, 3.05) is 4.90 Å². The zero-order chi connectivity index (χ0) is 20.0. The monoisotopic (exact) mass is 508 g/mol. The molecular weight excluding hydrogens is 496 g/mol. The van der Waals surface area contributed by atoms with Crippen LogP contribution in [0.25, 0.3) is 0 Å². The Morgan fingerprint density at radius 2 is 1.07 bits per heavy atom. The highest BCUT2D eigenvalue weighted by Gasteiger charge is 2.72. The molecule has 3 aromatic rings. The molecule has 1 unspecified atom stereocenters. The summed E-state index contributed by atoms with van der Waals surface area (Å²) in [6.07, 6.45) is 3.20. The lowest BCUT2D eigenvalue weighted by Crippen LogP contribution is -2.56. The number of hydrogen-bond donors (Lipinski definition) is 0. The summed E-state index contributed by atoms with van der Waals surface area (Å²) in [4.78, 5) is 32.8. The van der Waals surface area contributed by atoms with E-state index in [4.69, 9.17) is 0 Å². The number of amides is 2. The number of aromatic nitrogens is 1. The second-order valence-corrected chi connectivity index (χ2v) is 10.2. The fourth-order valence-corrected chi connectivity index (χ4v) is 7.72. The van der Waals surface area contributed by atoms with Gasteiger partial charge in [-0.2, -0.15) is 0 Å². The number of carbonyl (C=O) groups excluding carboxylic acids is 2. The van der Waals surface area contributed by atoms with Gasteiger partial charge in [0, 0.05) is 12.4 Å². The second kappa shape index (κ2) is 5.64. The summed E-state index contributed by atoms with van der Waals surface area (Å²) < 4.78 is -1.51. The third-order valence-electron chi connectivity index (χ3n) is 6.51. The van der Waals surface area contributed by atoms with Crippen LogP contribution >= 0.6 is 31.9 Å². The van der Waals surface area contributed by atoms with Crippen molar-refractivity contribution >= 4 is 49.4 Å². The first-order chi connectivity index (χ1) is 14.0. The average Bonchev–Trinajstić information content (AvgIpc) is 3.04. The molecule has 142 valence electrons. The molecule has 4 aliphatic rings.